The molecule has 0 aliphatic carbocycles. The number of nitrogens with one attached hydrogen (secondary N) is 1. The molecule has 5 rings (SSSR count). The number of alkyl halides is 2. The van der Waals surface area contributed by atoms with Crippen molar-refractivity contribution in [1.82, 2.24) is 25.4 Å². The number of hydrogen-bond donors (Lipinski definition) is 1. The van der Waals surface area contributed by atoms with Crippen LogP contribution < -0.4 is 5.32 Å². The Balaban J connectivity index is 1.63. The van der Waals surface area contributed by atoms with Gasteiger partial charge in [-0.2, -0.15) is 0 Å². The number of aliphatic imine (C=N–C) groups is 1. The zero-order valence-electron chi connectivity index (χ0n) is 20.2. The van der Waals surface area contributed by atoms with Crippen molar-refractivity contribution in [2.45, 2.75) is 37.8 Å². The van der Waals surface area contributed by atoms with Crippen LogP contribution in [-0.2, 0) is 15.1 Å². The number of methoxy groups -OCH3 is 1. The molecule has 1 N–H and O–H groups in total. The fraction of sp³-hybridized carbons (Fsp3) is 0.375. The monoisotopic (exact) mass is 532 g/mol. The van der Waals surface area contributed by atoms with Gasteiger partial charge in [-0.15, -0.1) is 21.5 Å². The summed E-state index contributed by atoms with van der Waals surface area (Å²) in [6.45, 7) is 2.58. The van der Waals surface area contributed by atoms with Crippen molar-refractivity contribution in [3.8, 4) is 0 Å². The van der Waals surface area contributed by atoms with Gasteiger partial charge in [0.25, 0.3) is 5.92 Å². The van der Waals surface area contributed by atoms with E-state index in [9.17, 15) is 18.0 Å². The van der Waals surface area contributed by atoms with Crippen LogP contribution in [0.2, 0.25) is 0 Å². The normalized spacial score (nSPS) is 23.6. The Hall–Kier alpha value is -3.58. The molecule has 0 saturated carbocycles. The predicted octanol–water partition coefficient (Wildman–Crippen LogP) is 3.75. The van der Waals surface area contributed by atoms with Gasteiger partial charge in [-0.1, -0.05) is 12.1 Å². The van der Waals surface area contributed by atoms with Crippen LogP contribution in [0.1, 0.15) is 41.7 Å². The van der Waals surface area contributed by atoms with Crippen molar-refractivity contribution in [3.63, 3.8) is 0 Å². The average molecular weight is 533 g/mol. The molecule has 37 heavy (non-hydrogen) atoms. The number of aromatic nitrogens is 3. The lowest BCUT2D eigenvalue weighted by Crippen LogP contribution is -2.45. The highest BCUT2D eigenvalue weighted by Crippen LogP contribution is 2.43. The van der Waals surface area contributed by atoms with Gasteiger partial charge in [-0.3, -0.25) is 4.90 Å². The molecule has 1 saturated heterocycles. The predicted molar refractivity (Wildman–Crippen MR) is 127 cm³/mol. The van der Waals surface area contributed by atoms with Gasteiger partial charge in [0.1, 0.15) is 11.4 Å². The van der Waals surface area contributed by atoms with E-state index in [1.807, 2.05) is 0 Å². The van der Waals surface area contributed by atoms with E-state index in [4.69, 9.17) is 14.1 Å². The van der Waals surface area contributed by atoms with Crippen LogP contribution in [0.3, 0.4) is 0 Å². The first-order valence-electron chi connectivity index (χ1n) is 11.4. The van der Waals surface area contributed by atoms with Gasteiger partial charge in [-0.25, -0.2) is 27.9 Å². The van der Waals surface area contributed by atoms with Crippen molar-refractivity contribution in [3.05, 3.63) is 75.3 Å². The molecule has 1 fully saturated rings. The Morgan fingerprint density at radius 3 is 2.68 bits per heavy atom. The van der Waals surface area contributed by atoms with Crippen molar-refractivity contribution in [2.24, 2.45) is 4.99 Å². The topological polar surface area (TPSA) is 106 Å². The molecule has 1 aromatic carbocycles. The number of halogens is 3. The summed E-state index contributed by atoms with van der Waals surface area (Å²) in [4.78, 5) is 23.8. The Morgan fingerprint density at radius 2 is 2.05 bits per heavy atom. The van der Waals surface area contributed by atoms with E-state index in [1.54, 1.807) is 25.4 Å². The van der Waals surface area contributed by atoms with E-state index in [1.165, 1.54) is 47.6 Å². The van der Waals surface area contributed by atoms with Gasteiger partial charge in [0.05, 0.1) is 25.3 Å². The Labute approximate surface area is 214 Å². The summed E-state index contributed by atoms with van der Waals surface area (Å²) in [7, 11) is 1.23. The first-order valence-corrected chi connectivity index (χ1v) is 12.2. The number of ether oxygens (including phenoxy) is 1. The Kier molecular flexibility index (Phi) is 6.36. The van der Waals surface area contributed by atoms with Gasteiger partial charge in [0.2, 0.25) is 11.8 Å². The van der Waals surface area contributed by atoms with E-state index in [-0.39, 0.29) is 23.9 Å². The third kappa shape index (κ3) is 4.76. The molecule has 2 atom stereocenters. The van der Waals surface area contributed by atoms with Gasteiger partial charge in [0.15, 0.2) is 10.8 Å². The second-order valence-corrected chi connectivity index (χ2v) is 9.88. The van der Waals surface area contributed by atoms with Gasteiger partial charge < -0.3 is 14.5 Å². The molecule has 3 aromatic rings. The zero-order valence-corrected chi connectivity index (χ0v) is 21.0. The minimum Gasteiger partial charge on any atom is -0.466 e. The van der Waals surface area contributed by atoms with Crippen LogP contribution in [0, 0.1) is 12.7 Å². The van der Waals surface area contributed by atoms with Gasteiger partial charge >= 0.3 is 5.97 Å². The molecule has 2 aromatic heterocycles. The third-order valence-corrected chi connectivity index (χ3v) is 7.16. The van der Waals surface area contributed by atoms with Crippen molar-refractivity contribution in [1.29, 1.82) is 0 Å². The van der Waals surface area contributed by atoms with Crippen LogP contribution >= 0.6 is 11.3 Å². The van der Waals surface area contributed by atoms with E-state index in [2.05, 4.69) is 20.5 Å². The first-order chi connectivity index (χ1) is 17.6. The molecule has 13 heteroatoms. The highest BCUT2D eigenvalue weighted by atomic mass is 32.1. The summed E-state index contributed by atoms with van der Waals surface area (Å²) >= 11 is 1.32. The number of rotatable bonds is 6. The minimum atomic E-state index is -3.01. The van der Waals surface area contributed by atoms with Crippen molar-refractivity contribution < 1.29 is 27.1 Å². The van der Waals surface area contributed by atoms with Gasteiger partial charge in [0, 0.05) is 37.2 Å². The zero-order chi connectivity index (χ0) is 26.4. The molecular formula is C24H23F3N6O3S. The number of amidine groups is 1. The number of thiazole rings is 1. The number of nitrogens with zero attached hydrogens (tertiary/aromatic N) is 5. The largest absolute Gasteiger partial charge is 0.466 e. The lowest BCUT2D eigenvalue weighted by atomic mass is 9.82. The number of likely N-dealkylation sites (tertiary alicyclic amines) is 1. The van der Waals surface area contributed by atoms with Gasteiger partial charge in [-0.05, 0) is 24.6 Å². The lowest BCUT2D eigenvalue weighted by molar-refractivity contribution is -0.137. The van der Waals surface area contributed by atoms with Crippen LogP contribution in [0.15, 0.2) is 56.5 Å². The summed E-state index contributed by atoms with van der Waals surface area (Å²) in [6.07, 6.45) is 1.09. The summed E-state index contributed by atoms with van der Waals surface area (Å²) in [5, 5.41) is 13.2. The molecule has 2 aliphatic rings. The quantitative estimate of drug-likeness (QED) is 0.479. The molecule has 0 unspecified atom stereocenters. The molecule has 9 nitrogen and oxygen atoms in total. The SMILES string of the molecule is COC(=O)C1=C(CN2CC(F)(F)C[C@H]2c2nnc(C)o2)NC(c2nccs2)=N[C@@]1(C)c1ccc(F)cc1. The maximum atomic E-state index is 14.6. The van der Waals surface area contributed by atoms with E-state index in [0.717, 1.165) is 0 Å². The molecular weight excluding hydrogens is 509 g/mol. The van der Waals surface area contributed by atoms with E-state index < -0.39 is 42.3 Å². The average Bonchev–Trinajstić information content (AvgIpc) is 3.59. The number of carbonyl (C=O) groups excluding carboxylic acids is 1. The van der Waals surface area contributed by atoms with Crippen molar-refractivity contribution in [2.75, 3.05) is 20.2 Å². The summed E-state index contributed by atoms with van der Waals surface area (Å²) in [5.41, 5.74) is -0.408. The maximum absolute atomic E-state index is 14.6. The highest BCUT2D eigenvalue weighted by Gasteiger charge is 2.49. The highest BCUT2D eigenvalue weighted by molar-refractivity contribution is 7.11. The fourth-order valence-electron chi connectivity index (χ4n) is 4.72. The smallest absolute Gasteiger partial charge is 0.338 e. The van der Waals surface area contributed by atoms with Crippen LogP contribution in [0.25, 0.3) is 0 Å². The number of benzene rings is 1. The van der Waals surface area contributed by atoms with Crippen molar-refractivity contribution >= 4 is 23.1 Å². The minimum absolute atomic E-state index is 0.0702. The number of hydrogen-bond acceptors (Lipinski definition) is 10. The maximum Gasteiger partial charge on any atom is 0.338 e. The molecule has 0 spiro atoms. The number of esters is 1. The molecule has 0 amide bonds. The summed E-state index contributed by atoms with van der Waals surface area (Å²) in [6, 6.07) is 4.72. The molecule has 0 radical (unpaired) electrons. The number of carbonyl (C=O) groups is 1. The molecule has 4 heterocycles. The van der Waals surface area contributed by atoms with Crippen LogP contribution in [0.5, 0.6) is 0 Å². The van der Waals surface area contributed by atoms with E-state index in [0.29, 0.717) is 22.1 Å². The third-order valence-electron chi connectivity index (χ3n) is 6.38. The summed E-state index contributed by atoms with van der Waals surface area (Å²) < 4.78 is 53.6. The molecule has 0 bridgehead atoms. The number of aryl methyl sites for hydroxylation is 1. The first kappa shape index (κ1) is 25.1. The molecule has 194 valence electrons. The second kappa shape index (κ2) is 9.38. The van der Waals surface area contributed by atoms with E-state index >= 15 is 0 Å². The second-order valence-electron chi connectivity index (χ2n) is 8.99. The lowest BCUT2D eigenvalue weighted by Gasteiger charge is -2.36. The summed E-state index contributed by atoms with van der Waals surface area (Å²) in [5.74, 6) is -3.49. The fourth-order valence-corrected chi connectivity index (χ4v) is 5.30. The van der Waals surface area contributed by atoms with Crippen LogP contribution in [0.4, 0.5) is 13.2 Å². The van der Waals surface area contributed by atoms with Crippen LogP contribution in [-0.4, -0.2) is 58.0 Å². The Bertz CT molecular complexity index is 1370. The Morgan fingerprint density at radius 1 is 1.30 bits per heavy atom. The molecule has 2 aliphatic heterocycles. The standard InChI is InChI=1S/C24H23F3N6O3S/c1-13-31-32-20(36-13)17-10-24(26,27)12-33(17)11-16-18(22(34)35-3)23(2,14-4-6-15(25)7-5-14)30-19(29-16)21-28-8-9-37-21/h4-9,17H,10-12H2,1-3H3,(H,29,30)/t17-,23-/m0/s1.